The van der Waals surface area contributed by atoms with Gasteiger partial charge >= 0.3 is 0 Å². The largest absolute Gasteiger partial charge is 0.321 e. The van der Waals surface area contributed by atoms with Crippen LogP contribution in [0.5, 0.6) is 0 Å². The highest BCUT2D eigenvalue weighted by molar-refractivity contribution is 5.27. The molecule has 0 amide bonds. The maximum atomic E-state index is 6.75. The van der Waals surface area contributed by atoms with E-state index in [9.17, 15) is 0 Å². The van der Waals surface area contributed by atoms with Crippen LogP contribution in [0.15, 0.2) is 36.4 Å². The third-order valence-corrected chi connectivity index (χ3v) is 3.83. The summed E-state index contributed by atoms with van der Waals surface area (Å²) in [6.45, 7) is 7.24. The van der Waals surface area contributed by atoms with Gasteiger partial charge in [0, 0.05) is 24.2 Å². The van der Waals surface area contributed by atoms with E-state index in [0.717, 1.165) is 31.5 Å². The van der Waals surface area contributed by atoms with Crippen molar-refractivity contribution in [2.75, 3.05) is 0 Å². The lowest BCUT2D eigenvalue weighted by molar-refractivity contribution is 0.387. The Hall–Kier alpha value is -1.61. The highest BCUT2D eigenvalue weighted by Crippen LogP contribution is 2.28. The van der Waals surface area contributed by atoms with Crippen molar-refractivity contribution in [2.24, 2.45) is 5.73 Å². The normalized spacial score (nSPS) is 14.2. The van der Waals surface area contributed by atoms with Gasteiger partial charge in [-0.2, -0.15) is 5.10 Å². The fourth-order valence-electron chi connectivity index (χ4n) is 2.89. The molecule has 0 saturated heterocycles. The zero-order valence-corrected chi connectivity index (χ0v) is 12.8. The van der Waals surface area contributed by atoms with E-state index in [1.807, 2.05) is 13.0 Å². The van der Waals surface area contributed by atoms with Gasteiger partial charge in [-0.05, 0) is 31.9 Å². The molecule has 0 aliphatic heterocycles. The van der Waals surface area contributed by atoms with E-state index >= 15 is 0 Å². The van der Waals surface area contributed by atoms with Gasteiger partial charge in [-0.15, -0.1) is 0 Å². The number of hydrogen-bond acceptors (Lipinski definition) is 2. The van der Waals surface area contributed by atoms with Crippen molar-refractivity contribution in [3.8, 4) is 0 Å². The summed E-state index contributed by atoms with van der Waals surface area (Å²) >= 11 is 0. The zero-order valence-electron chi connectivity index (χ0n) is 12.8. The van der Waals surface area contributed by atoms with Crippen molar-refractivity contribution in [1.29, 1.82) is 0 Å². The minimum atomic E-state index is -0.310. The van der Waals surface area contributed by atoms with Gasteiger partial charge in [-0.25, -0.2) is 0 Å². The number of nitrogens with zero attached hydrogens (tertiary/aromatic N) is 2. The molecule has 1 aromatic carbocycles. The Morgan fingerprint density at radius 2 is 1.90 bits per heavy atom. The van der Waals surface area contributed by atoms with Crippen LogP contribution in [0.25, 0.3) is 0 Å². The molecule has 0 aliphatic rings. The van der Waals surface area contributed by atoms with Gasteiger partial charge in [0.05, 0.1) is 5.69 Å². The second-order valence-corrected chi connectivity index (χ2v) is 5.54. The maximum Gasteiger partial charge on any atom is 0.0596 e. The zero-order chi connectivity index (χ0) is 14.6. The maximum absolute atomic E-state index is 6.75. The molecular weight excluding hydrogens is 246 g/mol. The van der Waals surface area contributed by atoms with E-state index in [-0.39, 0.29) is 5.54 Å². The van der Waals surface area contributed by atoms with Crippen molar-refractivity contribution in [1.82, 2.24) is 9.78 Å². The molecule has 3 nitrogen and oxygen atoms in total. The molecule has 0 saturated carbocycles. The van der Waals surface area contributed by atoms with Gasteiger partial charge in [0.2, 0.25) is 0 Å². The molecule has 2 N–H and O–H groups in total. The first-order valence-electron chi connectivity index (χ1n) is 7.47. The second-order valence-electron chi connectivity index (χ2n) is 5.54. The molecule has 1 atom stereocenters. The summed E-state index contributed by atoms with van der Waals surface area (Å²) in [4.78, 5) is 0. The summed E-state index contributed by atoms with van der Waals surface area (Å²) < 4.78 is 2.07. The smallest absolute Gasteiger partial charge is 0.0596 e. The van der Waals surface area contributed by atoms with E-state index in [1.165, 1.54) is 11.3 Å². The number of hydrogen-bond donors (Lipinski definition) is 1. The Labute approximate surface area is 121 Å². The molecule has 0 radical (unpaired) electrons. The lowest BCUT2D eigenvalue weighted by atomic mass is 9.82. The molecular formula is C17H25N3. The van der Waals surface area contributed by atoms with Crippen molar-refractivity contribution in [3.63, 3.8) is 0 Å². The van der Waals surface area contributed by atoms with Crippen LogP contribution in [0, 0.1) is 6.92 Å². The van der Waals surface area contributed by atoms with Crippen molar-refractivity contribution in [2.45, 2.75) is 52.1 Å². The van der Waals surface area contributed by atoms with Crippen LogP contribution >= 0.6 is 0 Å². The fraction of sp³-hybridized carbons (Fsp3) is 0.471. The highest BCUT2D eigenvalue weighted by Gasteiger charge is 2.28. The monoisotopic (exact) mass is 271 g/mol. The quantitative estimate of drug-likeness (QED) is 0.875. The average molecular weight is 271 g/mol. The lowest BCUT2D eigenvalue weighted by Crippen LogP contribution is -2.39. The first kappa shape index (κ1) is 14.8. The average Bonchev–Trinajstić information content (AvgIpc) is 2.79. The number of rotatable bonds is 6. The van der Waals surface area contributed by atoms with Gasteiger partial charge in [0.1, 0.15) is 0 Å². The minimum absolute atomic E-state index is 0.310. The SMILES string of the molecule is CCCC(N)(Cc1cc(C)nn1CC)c1ccccc1. The van der Waals surface area contributed by atoms with Crippen molar-refractivity contribution >= 4 is 0 Å². The molecule has 0 fully saturated rings. The molecule has 108 valence electrons. The van der Waals surface area contributed by atoms with Gasteiger partial charge in [0.25, 0.3) is 0 Å². The van der Waals surface area contributed by atoms with Crippen LogP contribution < -0.4 is 5.73 Å². The Morgan fingerprint density at radius 3 is 2.50 bits per heavy atom. The van der Waals surface area contributed by atoms with Gasteiger partial charge in [-0.3, -0.25) is 4.68 Å². The van der Waals surface area contributed by atoms with Gasteiger partial charge in [0.15, 0.2) is 0 Å². The first-order valence-corrected chi connectivity index (χ1v) is 7.47. The molecule has 2 rings (SSSR count). The van der Waals surface area contributed by atoms with E-state index in [2.05, 4.69) is 54.0 Å². The summed E-state index contributed by atoms with van der Waals surface area (Å²) in [5.74, 6) is 0. The molecule has 0 spiro atoms. The molecule has 2 aromatic rings. The summed E-state index contributed by atoms with van der Waals surface area (Å²) in [6, 6.07) is 12.6. The molecule has 3 heteroatoms. The lowest BCUT2D eigenvalue weighted by Gasteiger charge is -2.30. The van der Waals surface area contributed by atoms with Crippen LogP contribution in [-0.4, -0.2) is 9.78 Å². The van der Waals surface area contributed by atoms with E-state index in [1.54, 1.807) is 0 Å². The van der Waals surface area contributed by atoms with Crippen LogP contribution in [0.4, 0.5) is 0 Å². The van der Waals surface area contributed by atoms with Crippen molar-refractivity contribution < 1.29 is 0 Å². The minimum Gasteiger partial charge on any atom is -0.321 e. The van der Waals surface area contributed by atoms with Gasteiger partial charge < -0.3 is 5.73 Å². The standard InChI is InChI=1S/C17H25N3/c1-4-11-17(18,15-9-7-6-8-10-15)13-16-12-14(3)19-20(16)5-2/h6-10,12H,4-5,11,13,18H2,1-3H3. The molecule has 1 aromatic heterocycles. The molecule has 1 heterocycles. The Morgan fingerprint density at radius 1 is 1.20 bits per heavy atom. The van der Waals surface area contributed by atoms with E-state index < -0.39 is 0 Å². The molecule has 0 aliphatic carbocycles. The van der Waals surface area contributed by atoms with Crippen LogP contribution in [0.3, 0.4) is 0 Å². The Balaban J connectivity index is 2.34. The van der Waals surface area contributed by atoms with Crippen molar-refractivity contribution in [3.05, 3.63) is 53.3 Å². The molecule has 1 unspecified atom stereocenters. The predicted molar refractivity (Wildman–Crippen MR) is 83.6 cm³/mol. The Kier molecular flexibility index (Phi) is 4.61. The molecule has 20 heavy (non-hydrogen) atoms. The van der Waals surface area contributed by atoms with Gasteiger partial charge in [-0.1, -0.05) is 43.7 Å². The first-order chi connectivity index (χ1) is 9.59. The number of nitrogens with two attached hydrogens (primary N) is 1. The predicted octanol–water partition coefficient (Wildman–Crippen LogP) is 3.41. The summed E-state index contributed by atoms with van der Waals surface area (Å²) in [5.41, 5.74) is 9.95. The number of aryl methyl sites for hydroxylation is 2. The number of benzene rings is 1. The Bertz CT molecular complexity index is 545. The molecule has 0 bridgehead atoms. The van der Waals surface area contributed by atoms with Crippen LogP contribution in [-0.2, 0) is 18.5 Å². The highest BCUT2D eigenvalue weighted by atomic mass is 15.3. The number of aromatic nitrogens is 2. The van der Waals surface area contributed by atoms with Crippen LogP contribution in [0.1, 0.15) is 43.6 Å². The van der Waals surface area contributed by atoms with E-state index in [0.29, 0.717) is 0 Å². The topological polar surface area (TPSA) is 43.8 Å². The second kappa shape index (κ2) is 6.23. The summed E-state index contributed by atoms with van der Waals surface area (Å²) in [7, 11) is 0. The van der Waals surface area contributed by atoms with Crippen LogP contribution in [0.2, 0.25) is 0 Å². The fourth-order valence-corrected chi connectivity index (χ4v) is 2.89. The van der Waals surface area contributed by atoms with E-state index in [4.69, 9.17) is 5.73 Å². The third-order valence-electron chi connectivity index (χ3n) is 3.83. The third kappa shape index (κ3) is 3.10. The summed E-state index contributed by atoms with van der Waals surface area (Å²) in [6.07, 6.45) is 2.88. The summed E-state index contributed by atoms with van der Waals surface area (Å²) in [5, 5.41) is 4.53.